The Morgan fingerprint density at radius 1 is 1.05 bits per heavy atom. The number of fused-ring (bicyclic) bond motifs is 1. The zero-order chi connectivity index (χ0) is 14.1. The predicted molar refractivity (Wildman–Crippen MR) is 89.7 cm³/mol. The Balaban J connectivity index is 1.77. The van der Waals surface area contributed by atoms with E-state index in [0.29, 0.717) is 16.7 Å². The van der Waals surface area contributed by atoms with E-state index in [1.165, 1.54) is 35.1 Å². The van der Waals surface area contributed by atoms with Crippen molar-refractivity contribution in [3.63, 3.8) is 0 Å². The molecule has 0 radical (unpaired) electrons. The zero-order valence-corrected chi connectivity index (χ0v) is 13.7. The summed E-state index contributed by atoms with van der Waals surface area (Å²) in [7, 11) is 0. The van der Waals surface area contributed by atoms with Gasteiger partial charge in [0.15, 0.2) is 0 Å². The van der Waals surface area contributed by atoms with Crippen LogP contribution in [-0.2, 0) is 6.42 Å². The zero-order valence-electron chi connectivity index (χ0n) is 12.1. The minimum absolute atomic E-state index is 0.434. The van der Waals surface area contributed by atoms with Crippen LogP contribution in [-0.4, -0.2) is 0 Å². The second-order valence-corrected chi connectivity index (χ2v) is 6.87. The second-order valence-electron chi connectivity index (χ2n) is 5.89. The number of halogens is 1. The van der Waals surface area contributed by atoms with Crippen LogP contribution in [0.1, 0.15) is 59.2 Å². The molecule has 2 aromatic carbocycles. The third-order valence-electron chi connectivity index (χ3n) is 4.68. The molecule has 0 amide bonds. The van der Waals surface area contributed by atoms with Crippen molar-refractivity contribution in [2.75, 3.05) is 0 Å². The Kier molecular flexibility index (Phi) is 3.98. The van der Waals surface area contributed by atoms with E-state index in [0.717, 1.165) is 0 Å². The van der Waals surface area contributed by atoms with E-state index < -0.39 is 0 Å². The van der Waals surface area contributed by atoms with Gasteiger partial charge in [-0.05, 0) is 41.0 Å². The van der Waals surface area contributed by atoms with Gasteiger partial charge in [-0.2, -0.15) is 0 Å². The summed E-state index contributed by atoms with van der Waals surface area (Å²) in [4.78, 5) is 0.434. The van der Waals surface area contributed by atoms with Gasteiger partial charge in [-0.1, -0.05) is 78.3 Å². The molecule has 0 N–H and O–H groups in total. The number of hydrogen-bond donors (Lipinski definition) is 0. The molecule has 1 aliphatic rings. The maximum Gasteiger partial charge on any atom is 0.0467 e. The average molecular weight is 329 g/mol. The monoisotopic (exact) mass is 328 g/mol. The number of hydrogen-bond acceptors (Lipinski definition) is 0. The van der Waals surface area contributed by atoms with Crippen LogP contribution in [0.5, 0.6) is 0 Å². The maximum atomic E-state index is 3.91. The van der Waals surface area contributed by atoms with Gasteiger partial charge in [0, 0.05) is 10.7 Å². The van der Waals surface area contributed by atoms with E-state index in [2.05, 4.69) is 78.3 Å². The van der Waals surface area contributed by atoms with Crippen molar-refractivity contribution in [2.45, 2.75) is 43.4 Å². The van der Waals surface area contributed by atoms with Gasteiger partial charge in [-0.25, -0.2) is 0 Å². The topological polar surface area (TPSA) is 0 Å². The van der Waals surface area contributed by atoms with Crippen molar-refractivity contribution in [3.05, 3.63) is 70.8 Å². The highest BCUT2D eigenvalue weighted by Crippen LogP contribution is 2.47. The second kappa shape index (κ2) is 5.73. The molecular weight excluding hydrogens is 308 g/mol. The molecule has 0 saturated heterocycles. The van der Waals surface area contributed by atoms with Crippen LogP contribution in [0.3, 0.4) is 0 Å². The fourth-order valence-corrected chi connectivity index (χ4v) is 3.81. The molecule has 3 unspecified atom stereocenters. The van der Waals surface area contributed by atoms with Crippen LogP contribution in [0, 0.1) is 0 Å². The van der Waals surface area contributed by atoms with Crippen LogP contribution in [0.15, 0.2) is 48.5 Å². The SMILES string of the molecule is CCC(C)c1ccc(C(Br)C2Cc3ccccc32)cc1. The minimum atomic E-state index is 0.434. The van der Waals surface area contributed by atoms with Gasteiger partial charge in [0.25, 0.3) is 0 Å². The summed E-state index contributed by atoms with van der Waals surface area (Å²) < 4.78 is 0. The fraction of sp³-hybridized carbons (Fsp3) is 0.368. The third-order valence-corrected chi connectivity index (χ3v) is 5.85. The average Bonchev–Trinajstić information content (AvgIpc) is 2.47. The molecule has 1 heteroatoms. The molecule has 0 saturated carbocycles. The molecule has 0 fully saturated rings. The standard InChI is InChI=1S/C19H21Br/c1-3-13(2)14-8-10-15(11-9-14)19(20)18-12-16-6-4-5-7-17(16)18/h4-11,13,18-19H,3,12H2,1-2H3. The normalized spacial score (nSPS) is 19.9. The number of alkyl halides is 1. The highest BCUT2D eigenvalue weighted by molar-refractivity contribution is 9.09. The molecule has 0 aliphatic heterocycles. The van der Waals surface area contributed by atoms with Crippen LogP contribution in [0.25, 0.3) is 0 Å². The van der Waals surface area contributed by atoms with Gasteiger partial charge < -0.3 is 0 Å². The van der Waals surface area contributed by atoms with Crippen molar-refractivity contribution >= 4 is 15.9 Å². The van der Waals surface area contributed by atoms with Crippen molar-refractivity contribution < 1.29 is 0 Å². The summed E-state index contributed by atoms with van der Waals surface area (Å²) in [6, 6.07) is 18.0. The van der Waals surface area contributed by atoms with Crippen LogP contribution >= 0.6 is 15.9 Å². The Labute approximate surface area is 130 Å². The molecular formula is C19H21Br. The first-order chi connectivity index (χ1) is 9.70. The lowest BCUT2D eigenvalue weighted by Crippen LogP contribution is -2.20. The summed E-state index contributed by atoms with van der Waals surface area (Å²) in [5, 5.41) is 0. The van der Waals surface area contributed by atoms with Gasteiger partial charge in [0.05, 0.1) is 0 Å². The lowest BCUT2D eigenvalue weighted by atomic mass is 9.74. The molecule has 3 rings (SSSR count). The Morgan fingerprint density at radius 2 is 1.70 bits per heavy atom. The van der Waals surface area contributed by atoms with Gasteiger partial charge in [0.1, 0.15) is 0 Å². The largest absolute Gasteiger partial charge is 0.0832 e. The van der Waals surface area contributed by atoms with Gasteiger partial charge in [0.2, 0.25) is 0 Å². The van der Waals surface area contributed by atoms with E-state index in [4.69, 9.17) is 0 Å². The fourth-order valence-electron chi connectivity index (χ4n) is 3.04. The summed E-state index contributed by atoms with van der Waals surface area (Å²) in [6.07, 6.45) is 2.40. The minimum Gasteiger partial charge on any atom is -0.0832 e. The molecule has 104 valence electrons. The molecule has 0 heterocycles. The molecule has 0 nitrogen and oxygen atoms in total. The Morgan fingerprint density at radius 3 is 2.35 bits per heavy atom. The van der Waals surface area contributed by atoms with Crippen molar-refractivity contribution in [1.29, 1.82) is 0 Å². The summed E-state index contributed by atoms with van der Waals surface area (Å²) >= 11 is 3.91. The predicted octanol–water partition coefficient (Wildman–Crippen LogP) is 5.98. The Hall–Kier alpha value is -1.08. The first kappa shape index (κ1) is 13.9. The lowest BCUT2D eigenvalue weighted by Gasteiger charge is -2.34. The van der Waals surface area contributed by atoms with Gasteiger partial charge in [-0.15, -0.1) is 0 Å². The van der Waals surface area contributed by atoms with E-state index in [1.807, 2.05) is 0 Å². The quantitative estimate of drug-likeness (QED) is 0.606. The smallest absolute Gasteiger partial charge is 0.0467 e. The molecule has 0 spiro atoms. The Bertz CT molecular complexity index is 585. The van der Waals surface area contributed by atoms with Gasteiger partial charge in [-0.3, -0.25) is 0 Å². The van der Waals surface area contributed by atoms with Crippen LogP contribution < -0.4 is 0 Å². The molecule has 2 aromatic rings. The number of rotatable bonds is 4. The molecule has 0 bridgehead atoms. The molecule has 3 atom stereocenters. The van der Waals surface area contributed by atoms with Crippen molar-refractivity contribution in [1.82, 2.24) is 0 Å². The van der Waals surface area contributed by atoms with E-state index >= 15 is 0 Å². The summed E-state index contributed by atoms with van der Waals surface area (Å²) in [6.45, 7) is 4.54. The van der Waals surface area contributed by atoms with Gasteiger partial charge >= 0.3 is 0 Å². The van der Waals surface area contributed by atoms with E-state index in [1.54, 1.807) is 0 Å². The first-order valence-electron chi connectivity index (χ1n) is 7.52. The van der Waals surface area contributed by atoms with E-state index in [-0.39, 0.29) is 0 Å². The van der Waals surface area contributed by atoms with Crippen LogP contribution in [0.2, 0.25) is 0 Å². The third kappa shape index (κ3) is 2.44. The van der Waals surface area contributed by atoms with Crippen molar-refractivity contribution in [2.24, 2.45) is 0 Å². The highest BCUT2D eigenvalue weighted by atomic mass is 79.9. The van der Waals surface area contributed by atoms with Crippen LogP contribution in [0.4, 0.5) is 0 Å². The maximum absolute atomic E-state index is 3.91. The van der Waals surface area contributed by atoms with Crippen molar-refractivity contribution in [3.8, 4) is 0 Å². The lowest BCUT2D eigenvalue weighted by molar-refractivity contribution is 0.599. The molecule has 1 aliphatic carbocycles. The summed E-state index contributed by atoms with van der Waals surface area (Å²) in [5.74, 6) is 1.28. The first-order valence-corrected chi connectivity index (χ1v) is 8.44. The molecule has 0 aromatic heterocycles. The summed E-state index contributed by atoms with van der Waals surface area (Å²) in [5.41, 5.74) is 5.88. The van der Waals surface area contributed by atoms with E-state index in [9.17, 15) is 0 Å². The highest BCUT2D eigenvalue weighted by Gasteiger charge is 2.31. The molecule has 20 heavy (non-hydrogen) atoms. The number of benzene rings is 2.